The third kappa shape index (κ3) is 6.55. The van der Waals surface area contributed by atoms with Crippen molar-refractivity contribution in [3.05, 3.63) is 65.5 Å². The number of pyridine rings is 1. The van der Waals surface area contributed by atoms with Gasteiger partial charge in [0.25, 0.3) is 0 Å². The molecular weight excluding hydrogens is 478 g/mol. The summed E-state index contributed by atoms with van der Waals surface area (Å²) < 4.78 is 0. The van der Waals surface area contributed by atoms with Gasteiger partial charge < -0.3 is 20.9 Å². The smallest absolute Gasteiger partial charge is 0.320 e. The molecule has 0 spiro atoms. The molecule has 9 heteroatoms. The van der Waals surface area contributed by atoms with Crippen LogP contribution in [-0.4, -0.2) is 52.8 Å². The molecule has 1 heterocycles. The van der Waals surface area contributed by atoms with Crippen LogP contribution in [0.5, 0.6) is 0 Å². The highest BCUT2D eigenvalue weighted by molar-refractivity contribution is 5.89. The number of hydrogen-bond acceptors (Lipinski definition) is 4. The first kappa shape index (κ1) is 27.5. The summed E-state index contributed by atoms with van der Waals surface area (Å²) in [6, 6.07) is 11.2. The van der Waals surface area contributed by atoms with Crippen LogP contribution in [0.1, 0.15) is 67.2 Å². The van der Waals surface area contributed by atoms with Crippen molar-refractivity contribution in [3.63, 3.8) is 0 Å². The Kier molecular flexibility index (Phi) is 9.31. The molecule has 2 aliphatic carbocycles. The lowest BCUT2D eigenvalue weighted by molar-refractivity contribution is -0.131. The first-order valence-electron chi connectivity index (χ1n) is 12.4. The van der Waals surface area contributed by atoms with E-state index in [2.05, 4.69) is 34.6 Å². The Hall–Kier alpha value is -3.13. The number of benzene rings is 1. The minimum absolute atomic E-state index is 0. The zero-order valence-electron chi connectivity index (χ0n) is 20.9. The van der Waals surface area contributed by atoms with E-state index in [-0.39, 0.29) is 36.2 Å². The molecule has 0 bridgehead atoms. The van der Waals surface area contributed by atoms with Crippen LogP contribution in [0.3, 0.4) is 0 Å². The van der Waals surface area contributed by atoms with Crippen molar-refractivity contribution >= 4 is 30.3 Å². The van der Waals surface area contributed by atoms with Gasteiger partial charge in [0.2, 0.25) is 11.8 Å². The monoisotopic (exact) mass is 513 g/mol. The van der Waals surface area contributed by atoms with E-state index in [1.165, 1.54) is 0 Å². The van der Waals surface area contributed by atoms with Gasteiger partial charge in [-0.2, -0.15) is 0 Å². The molecule has 0 radical (unpaired) electrons. The lowest BCUT2D eigenvalue weighted by Crippen LogP contribution is -2.42. The summed E-state index contributed by atoms with van der Waals surface area (Å²) in [5, 5.41) is 2.88. The summed E-state index contributed by atoms with van der Waals surface area (Å²) >= 11 is 0. The predicted molar refractivity (Wildman–Crippen MR) is 140 cm³/mol. The average molecular weight is 514 g/mol. The molecule has 4 amide bonds. The van der Waals surface area contributed by atoms with E-state index in [0.29, 0.717) is 18.2 Å². The van der Waals surface area contributed by atoms with E-state index >= 15 is 0 Å². The summed E-state index contributed by atoms with van der Waals surface area (Å²) in [4.78, 5) is 45.6. The van der Waals surface area contributed by atoms with Gasteiger partial charge in [-0.3, -0.25) is 14.6 Å². The summed E-state index contributed by atoms with van der Waals surface area (Å²) in [6.07, 6.45) is 9.00. The van der Waals surface area contributed by atoms with Gasteiger partial charge in [0.1, 0.15) is 6.04 Å². The fraction of sp³-hybridized carbons (Fsp3) is 0.481. The largest absolute Gasteiger partial charge is 0.368 e. The van der Waals surface area contributed by atoms with Gasteiger partial charge >= 0.3 is 6.03 Å². The summed E-state index contributed by atoms with van der Waals surface area (Å²) in [5.74, 6) is -0.909. The molecule has 36 heavy (non-hydrogen) atoms. The van der Waals surface area contributed by atoms with Gasteiger partial charge in [0.05, 0.1) is 0 Å². The maximum absolute atomic E-state index is 13.3. The lowest BCUT2D eigenvalue weighted by atomic mass is 9.74. The molecule has 0 aliphatic heterocycles. The van der Waals surface area contributed by atoms with Crippen LogP contribution in [0.4, 0.5) is 4.79 Å². The average Bonchev–Trinajstić information content (AvgIpc) is 3.71. The normalized spacial score (nSPS) is 19.9. The first-order chi connectivity index (χ1) is 16.8. The molecule has 2 saturated carbocycles. The van der Waals surface area contributed by atoms with Crippen LogP contribution in [-0.2, 0) is 16.1 Å². The Morgan fingerprint density at radius 2 is 1.75 bits per heavy atom. The van der Waals surface area contributed by atoms with Gasteiger partial charge in [-0.1, -0.05) is 43.2 Å². The van der Waals surface area contributed by atoms with Crippen molar-refractivity contribution in [2.75, 3.05) is 14.1 Å². The summed E-state index contributed by atoms with van der Waals surface area (Å²) in [6.45, 7) is 0.585. The second kappa shape index (κ2) is 12.2. The van der Waals surface area contributed by atoms with Crippen molar-refractivity contribution < 1.29 is 14.4 Å². The number of carbonyl (C=O) groups excluding carboxylic acids is 3. The highest BCUT2D eigenvalue weighted by Crippen LogP contribution is 2.38. The Morgan fingerprint density at radius 1 is 1.06 bits per heavy atom. The van der Waals surface area contributed by atoms with Gasteiger partial charge in [0.15, 0.2) is 0 Å². The fourth-order valence-corrected chi connectivity index (χ4v) is 5.02. The second-order valence-electron chi connectivity index (χ2n) is 9.91. The minimum atomic E-state index is -0.899. The quantitative estimate of drug-likeness (QED) is 0.560. The maximum Gasteiger partial charge on any atom is 0.320 e. The molecule has 8 nitrogen and oxygen atoms in total. The van der Waals surface area contributed by atoms with E-state index in [1.807, 2.05) is 4.90 Å². The number of primary amides is 1. The number of rotatable bonds is 8. The molecule has 2 aliphatic rings. The zero-order valence-corrected chi connectivity index (χ0v) is 21.7. The van der Waals surface area contributed by atoms with Gasteiger partial charge in [-0.05, 0) is 48.8 Å². The minimum Gasteiger partial charge on any atom is -0.368 e. The number of nitrogens with one attached hydrogen (secondary N) is 1. The zero-order chi connectivity index (χ0) is 24.9. The van der Waals surface area contributed by atoms with Crippen molar-refractivity contribution in [2.45, 2.75) is 63.1 Å². The SMILES string of the molecule is CN(C)C(=O)N(Cc1ccc([C@@H]2CCCC[C@H]2C(=O)N[C@H](C(N)=O)c2cccnc2)cc1)C1CC1.Cl. The molecule has 4 rings (SSSR count). The standard InChI is InChI=1S/C27H35N5O3.ClH/c1-31(2)27(35)32(21-13-14-21)17-18-9-11-19(12-10-18)22-7-3-4-8-23(22)26(34)30-24(25(28)33)20-6-5-15-29-16-20;/h5-6,9-12,15-16,21-24H,3-4,7-8,13-14,17H2,1-2H3,(H2,28,33)(H,30,34);1H/t22-,23+,24-;/m0./s1. The van der Waals surface area contributed by atoms with E-state index in [9.17, 15) is 14.4 Å². The Morgan fingerprint density at radius 3 is 2.33 bits per heavy atom. The number of urea groups is 1. The van der Waals surface area contributed by atoms with Crippen LogP contribution in [0.15, 0.2) is 48.8 Å². The molecule has 2 fully saturated rings. The third-order valence-electron chi connectivity index (χ3n) is 7.07. The number of nitrogens with two attached hydrogens (primary N) is 1. The number of carbonyl (C=O) groups is 3. The van der Waals surface area contributed by atoms with E-state index in [4.69, 9.17) is 5.73 Å². The van der Waals surface area contributed by atoms with Crippen LogP contribution in [0, 0.1) is 5.92 Å². The highest BCUT2D eigenvalue weighted by Gasteiger charge is 2.35. The predicted octanol–water partition coefficient (Wildman–Crippen LogP) is 3.77. The van der Waals surface area contributed by atoms with Gasteiger partial charge in [-0.15, -0.1) is 12.4 Å². The Labute approximate surface area is 219 Å². The van der Waals surface area contributed by atoms with Crippen molar-refractivity contribution in [3.8, 4) is 0 Å². The molecule has 0 saturated heterocycles. The number of halogens is 1. The number of nitrogens with zero attached hydrogens (tertiary/aromatic N) is 3. The van der Waals surface area contributed by atoms with Crippen LogP contribution in [0.25, 0.3) is 0 Å². The van der Waals surface area contributed by atoms with Crippen molar-refractivity contribution in [1.29, 1.82) is 0 Å². The Bertz CT molecular complexity index is 1040. The number of amides is 4. The molecule has 194 valence electrons. The molecule has 3 atom stereocenters. The van der Waals surface area contributed by atoms with Crippen LogP contribution < -0.4 is 11.1 Å². The molecule has 0 unspecified atom stereocenters. The topological polar surface area (TPSA) is 109 Å². The van der Waals surface area contributed by atoms with E-state index in [1.54, 1.807) is 43.5 Å². The van der Waals surface area contributed by atoms with Crippen LogP contribution in [0.2, 0.25) is 0 Å². The fourth-order valence-electron chi connectivity index (χ4n) is 5.02. The summed E-state index contributed by atoms with van der Waals surface area (Å²) in [5.41, 5.74) is 8.38. The van der Waals surface area contributed by atoms with E-state index < -0.39 is 11.9 Å². The van der Waals surface area contributed by atoms with Gasteiger partial charge in [-0.25, -0.2) is 4.79 Å². The van der Waals surface area contributed by atoms with Crippen molar-refractivity contribution in [1.82, 2.24) is 20.1 Å². The molecule has 1 aromatic carbocycles. The summed E-state index contributed by atoms with van der Waals surface area (Å²) in [7, 11) is 3.57. The molecule has 2 aromatic rings. The molecule has 3 N–H and O–H groups in total. The maximum atomic E-state index is 13.3. The highest BCUT2D eigenvalue weighted by atomic mass is 35.5. The lowest BCUT2D eigenvalue weighted by Gasteiger charge is -2.32. The second-order valence-corrected chi connectivity index (χ2v) is 9.91. The van der Waals surface area contributed by atoms with Crippen molar-refractivity contribution in [2.24, 2.45) is 11.7 Å². The molecular formula is C27H36ClN5O3. The van der Waals surface area contributed by atoms with Crippen LogP contribution >= 0.6 is 12.4 Å². The first-order valence-corrected chi connectivity index (χ1v) is 12.4. The Balaban J connectivity index is 0.00000361. The molecule has 1 aromatic heterocycles. The van der Waals surface area contributed by atoms with Gasteiger partial charge in [0, 0.05) is 50.6 Å². The van der Waals surface area contributed by atoms with E-state index in [0.717, 1.165) is 49.7 Å². The third-order valence-corrected chi connectivity index (χ3v) is 7.07. The number of hydrogen-bond donors (Lipinski definition) is 2. The number of aromatic nitrogens is 1.